The lowest BCUT2D eigenvalue weighted by molar-refractivity contribution is 0.660. The highest BCUT2D eigenvalue weighted by Crippen LogP contribution is 2.60. The molecule has 1 nitrogen and oxygen atoms in total. The van der Waals surface area contributed by atoms with Crippen molar-refractivity contribution >= 4 is 27.8 Å². The van der Waals surface area contributed by atoms with E-state index in [1.807, 2.05) is 0 Å². The van der Waals surface area contributed by atoms with Gasteiger partial charge in [0, 0.05) is 27.6 Å². The van der Waals surface area contributed by atoms with Crippen LogP contribution in [0.5, 0.6) is 0 Å². The minimum Gasteiger partial charge on any atom is -0.309 e. The average Bonchev–Trinajstić information content (AvgIpc) is 3.42. The van der Waals surface area contributed by atoms with Crippen LogP contribution >= 0.6 is 0 Å². The molecule has 0 bridgehead atoms. The van der Waals surface area contributed by atoms with Crippen molar-refractivity contribution in [2.75, 3.05) is 4.90 Å². The van der Waals surface area contributed by atoms with Crippen LogP contribution < -0.4 is 4.90 Å². The lowest BCUT2D eigenvalue weighted by Gasteiger charge is -2.36. The molecule has 0 fully saturated rings. The lowest BCUT2D eigenvalue weighted by Crippen LogP contribution is -2.18. The molecular formula is C49H35N. The zero-order chi connectivity index (χ0) is 33.4. The Kier molecular flexibility index (Phi) is 6.29. The fourth-order valence-corrected chi connectivity index (χ4v) is 8.62. The first-order chi connectivity index (χ1) is 24.6. The predicted molar refractivity (Wildman–Crippen MR) is 211 cm³/mol. The molecule has 0 saturated carbocycles. The number of hydrogen-bond acceptors (Lipinski definition) is 1. The summed E-state index contributed by atoms with van der Waals surface area (Å²) in [4.78, 5) is 2.53. The van der Waals surface area contributed by atoms with Crippen molar-refractivity contribution in [2.45, 2.75) is 19.3 Å². The summed E-state index contributed by atoms with van der Waals surface area (Å²) >= 11 is 0. The van der Waals surface area contributed by atoms with Gasteiger partial charge in [-0.3, -0.25) is 0 Å². The van der Waals surface area contributed by atoms with Crippen LogP contribution in [0.3, 0.4) is 0 Å². The highest BCUT2D eigenvalue weighted by atomic mass is 15.2. The number of para-hydroxylation sites is 1. The highest BCUT2D eigenvalue weighted by molar-refractivity contribution is 6.20. The highest BCUT2D eigenvalue weighted by Gasteiger charge is 2.40. The second kappa shape index (κ2) is 10.9. The minimum atomic E-state index is -0.0836. The topological polar surface area (TPSA) is 3.24 Å². The monoisotopic (exact) mass is 637 g/mol. The molecule has 2 aliphatic rings. The van der Waals surface area contributed by atoms with E-state index in [2.05, 4.69) is 195 Å². The molecule has 1 aliphatic heterocycles. The van der Waals surface area contributed by atoms with Gasteiger partial charge in [-0.15, -0.1) is 0 Å². The second-order valence-electron chi connectivity index (χ2n) is 14.1. The van der Waals surface area contributed by atoms with E-state index in [-0.39, 0.29) is 5.41 Å². The average molecular weight is 638 g/mol. The third-order valence-electron chi connectivity index (χ3n) is 11.0. The zero-order valence-corrected chi connectivity index (χ0v) is 28.2. The summed E-state index contributed by atoms with van der Waals surface area (Å²) in [7, 11) is 0. The number of benzene rings is 8. The summed E-state index contributed by atoms with van der Waals surface area (Å²) in [5, 5.41) is 2.55. The van der Waals surface area contributed by atoms with E-state index in [1.165, 1.54) is 94.6 Å². The number of hydrogen-bond donors (Lipinski definition) is 0. The van der Waals surface area contributed by atoms with E-state index in [9.17, 15) is 0 Å². The number of rotatable bonds is 4. The maximum absolute atomic E-state index is 2.53. The molecule has 236 valence electrons. The Labute approximate surface area is 293 Å². The summed E-state index contributed by atoms with van der Waals surface area (Å²) in [5.41, 5.74) is 18.9. The molecule has 0 unspecified atom stereocenters. The quantitative estimate of drug-likeness (QED) is 0.186. The Balaban J connectivity index is 1.27. The maximum atomic E-state index is 2.53. The van der Waals surface area contributed by atoms with Crippen LogP contribution in [0.1, 0.15) is 25.0 Å². The van der Waals surface area contributed by atoms with Crippen LogP contribution in [0.2, 0.25) is 0 Å². The van der Waals surface area contributed by atoms with Gasteiger partial charge in [-0.25, -0.2) is 0 Å². The molecule has 0 spiro atoms. The van der Waals surface area contributed by atoms with Crippen molar-refractivity contribution in [3.05, 3.63) is 187 Å². The van der Waals surface area contributed by atoms with E-state index in [4.69, 9.17) is 0 Å². The molecule has 1 heteroatoms. The van der Waals surface area contributed by atoms with E-state index in [0.717, 1.165) is 0 Å². The van der Waals surface area contributed by atoms with Crippen LogP contribution in [-0.4, -0.2) is 0 Å². The smallest absolute Gasteiger partial charge is 0.0622 e. The summed E-state index contributed by atoms with van der Waals surface area (Å²) < 4.78 is 0. The van der Waals surface area contributed by atoms with Crippen LogP contribution in [0.15, 0.2) is 176 Å². The molecule has 0 amide bonds. The summed E-state index contributed by atoms with van der Waals surface area (Å²) in [6.07, 6.45) is 0. The third kappa shape index (κ3) is 4.20. The van der Waals surface area contributed by atoms with Crippen molar-refractivity contribution in [3.8, 4) is 55.6 Å². The fourth-order valence-electron chi connectivity index (χ4n) is 8.62. The molecule has 8 aromatic carbocycles. The Morgan fingerprint density at radius 1 is 0.400 bits per heavy atom. The van der Waals surface area contributed by atoms with Gasteiger partial charge in [-0.2, -0.15) is 0 Å². The predicted octanol–water partition coefficient (Wildman–Crippen LogP) is 13.6. The molecule has 8 aromatic rings. The first-order valence-corrected chi connectivity index (χ1v) is 17.5. The van der Waals surface area contributed by atoms with Gasteiger partial charge >= 0.3 is 0 Å². The van der Waals surface area contributed by atoms with Crippen molar-refractivity contribution in [1.82, 2.24) is 0 Å². The molecule has 0 radical (unpaired) electrons. The maximum Gasteiger partial charge on any atom is 0.0622 e. The van der Waals surface area contributed by atoms with E-state index in [0.29, 0.717) is 0 Å². The third-order valence-corrected chi connectivity index (χ3v) is 11.0. The number of fused-ring (bicyclic) bond motifs is 6. The van der Waals surface area contributed by atoms with Crippen LogP contribution in [0.25, 0.3) is 66.4 Å². The van der Waals surface area contributed by atoms with Crippen LogP contribution in [0, 0.1) is 0 Å². The Bertz CT molecular complexity index is 2540. The van der Waals surface area contributed by atoms with Gasteiger partial charge < -0.3 is 4.90 Å². The molecule has 0 atom stereocenters. The minimum absolute atomic E-state index is 0.0836. The Morgan fingerprint density at radius 2 is 0.980 bits per heavy atom. The second-order valence-corrected chi connectivity index (χ2v) is 14.1. The first kappa shape index (κ1) is 28.8. The van der Waals surface area contributed by atoms with Crippen LogP contribution in [-0.2, 0) is 5.41 Å². The molecule has 50 heavy (non-hydrogen) atoms. The van der Waals surface area contributed by atoms with Gasteiger partial charge in [0.2, 0.25) is 0 Å². The van der Waals surface area contributed by atoms with Crippen molar-refractivity contribution in [1.29, 1.82) is 0 Å². The molecule has 0 saturated heterocycles. The van der Waals surface area contributed by atoms with Gasteiger partial charge in [-0.1, -0.05) is 153 Å². The van der Waals surface area contributed by atoms with E-state index < -0.39 is 0 Å². The largest absolute Gasteiger partial charge is 0.309 e. The van der Waals surface area contributed by atoms with Gasteiger partial charge in [-0.05, 0) is 97.4 Å². The standard InChI is InChI=1S/C49H35N/c1-49(2)43-23-13-12-21-42(43)47-44(49)28-27-41-40-26-25-38(39-22-14-24-45(46(39)40)50(48(41)47)37-19-10-5-11-20-37)36-30-34(32-15-6-3-7-16-32)29-35(31-36)33-17-8-4-9-18-33/h3-31H,1-2H3. The number of nitrogens with zero attached hydrogens (tertiary/aromatic N) is 1. The summed E-state index contributed by atoms with van der Waals surface area (Å²) in [5.74, 6) is 0. The van der Waals surface area contributed by atoms with Gasteiger partial charge in [0.15, 0.2) is 0 Å². The van der Waals surface area contributed by atoms with Crippen molar-refractivity contribution in [2.24, 2.45) is 0 Å². The van der Waals surface area contributed by atoms with E-state index in [1.54, 1.807) is 0 Å². The Morgan fingerprint density at radius 3 is 1.68 bits per heavy atom. The zero-order valence-electron chi connectivity index (χ0n) is 28.2. The molecule has 1 heterocycles. The molecule has 0 aromatic heterocycles. The summed E-state index contributed by atoms with van der Waals surface area (Å²) in [6, 6.07) is 64.8. The SMILES string of the molecule is CC1(C)c2ccccc2-c2c1ccc1c2N(c2ccccc2)c2cccc3c(-c4cc(-c5ccccc5)cc(-c5ccccc5)c4)ccc-1c23. The Hall–Kier alpha value is -6.18. The van der Waals surface area contributed by atoms with Gasteiger partial charge in [0.1, 0.15) is 0 Å². The van der Waals surface area contributed by atoms with Gasteiger partial charge in [0.25, 0.3) is 0 Å². The number of anilines is 3. The molecular weight excluding hydrogens is 603 g/mol. The first-order valence-electron chi connectivity index (χ1n) is 17.5. The van der Waals surface area contributed by atoms with Crippen LogP contribution in [0.4, 0.5) is 17.1 Å². The normalized spacial score (nSPS) is 13.5. The van der Waals surface area contributed by atoms with Crippen molar-refractivity contribution in [3.63, 3.8) is 0 Å². The van der Waals surface area contributed by atoms with Gasteiger partial charge in [0.05, 0.1) is 11.4 Å². The molecule has 0 N–H and O–H groups in total. The van der Waals surface area contributed by atoms with Crippen molar-refractivity contribution < 1.29 is 0 Å². The molecule has 1 aliphatic carbocycles. The summed E-state index contributed by atoms with van der Waals surface area (Å²) in [6.45, 7) is 4.74. The fraction of sp³-hybridized carbons (Fsp3) is 0.0612. The lowest BCUT2D eigenvalue weighted by atomic mass is 9.80. The van der Waals surface area contributed by atoms with E-state index >= 15 is 0 Å². The molecule has 10 rings (SSSR count).